The van der Waals surface area contributed by atoms with Crippen molar-refractivity contribution in [2.45, 2.75) is 13.8 Å². The highest BCUT2D eigenvalue weighted by molar-refractivity contribution is 9.10. The number of carbonyl (C=O) groups excluding carboxylic acids is 2. The van der Waals surface area contributed by atoms with Crippen LogP contribution in [0.15, 0.2) is 82.0 Å². The van der Waals surface area contributed by atoms with Crippen molar-refractivity contribution in [1.29, 1.82) is 0 Å². The number of nitro groups is 1. The summed E-state index contributed by atoms with van der Waals surface area (Å²) in [6, 6.07) is 18.2. The molecule has 0 aliphatic rings. The number of hydrogen-bond donors (Lipinski definition) is 3. The highest BCUT2D eigenvalue weighted by Crippen LogP contribution is 2.31. The maximum absolute atomic E-state index is 13.0. The van der Waals surface area contributed by atoms with E-state index in [2.05, 4.69) is 50.5 Å². The van der Waals surface area contributed by atoms with Crippen LogP contribution in [0.4, 0.5) is 11.4 Å². The Bertz CT molecular complexity index is 1370. The van der Waals surface area contributed by atoms with Gasteiger partial charge in [-0.15, -0.1) is 0 Å². The first-order chi connectivity index (χ1) is 18.2. The number of halogens is 1. The first kappa shape index (κ1) is 28.1. The van der Waals surface area contributed by atoms with E-state index < -0.39 is 16.7 Å². The summed E-state index contributed by atoms with van der Waals surface area (Å²) in [5, 5.41) is 27.7. The van der Waals surface area contributed by atoms with E-state index in [0.29, 0.717) is 11.1 Å². The minimum absolute atomic E-state index is 0.0113. The van der Waals surface area contributed by atoms with Gasteiger partial charge in [0, 0.05) is 42.0 Å². The molecule has 0 heterocycles. The number of aromatic hydroxyl groups is 1. The summed E-state index contributed by atoms with van der Waals surface area (Å²) < 4.78 is 0.100. The fourth-order valence-corrected chi connectivity index (χ4v) is 3.97. The van der Waals surface area contributed by atoms with Gasteiger partial charge in [0.05, 0.1) is 15.6 Å². The first-order valence-electron chi connectivity index (χ1n) is 11.7. The lowest BCUT2D eigenvalue weighted by Gasteiger charge is -2.20. The largest absolute Gasteiger partial charge is 0.506 e. The molecule has 2 amide bonds. The first-order valence-corrected chi connectivity index (χ1v) is 12.5. The second-order valence-electron chi connectivity index (χ2n) is 7.96. The number of nitro benzene ring substituents is 1. The summed E-state index contributed by atoms with van der Waals surface area (Å²) in [7, 11) is 0. The van der Waals surface area contributed by atoms with Gasteiger partial charge in [-0.1, -0.05) is 30.3 Å². The van der Waals surface area contributed by atoms with E-state index >= 15 is 0 Å². The van der Waals surface area contributed by atoms with Crippen LogP contribution < -0.4 is 15.6 Å². The van der Waals surface area contributed by atoms with Gasteiger partial charge in [-0.3, -0.25) is 19.7 Å². The average Bonchev–Trinajstić information content (AvgIpc) is 2.92. The van der Waals surface area contributed by atoms with Crippen LogP contribution in [0.25, 0.3) is 6.08 Å². The molecule has 0 radical (unpaired) electrons. The number of rotatable bonds is 10. The molecule has 0 fully saturated rings. The molecule has 0 atom stereocenters. The molecule has 0 spiro atoms. The molecule has 10 nitrogen and oxygen atoms in total. The zero-order chi connectivity index (χ0) is 27.7. The fourth-order valence-electron chi connectivity index (χ4n) is 3.51. The van der Waals surface area contributed by atoms with E-state index in [1.807, 2.05) is 24.3 Å². The van der Waals surface area contributed by atoms with Gasteiger partial charge in [0.25, 0.3) is 17.5 Å². The zero-order valence-corrected chi connectivity index (χ0v) is 22.3. The maximum Gasteiger partial charge on any atom is 0.287 e. The second-order valence-corrected chi connectivity index (χ2v) is 8.82. The van der Waals surface area contributed by atoms with Gasteiger partial charge in [0.1, 0.15) is 11.4 Å². The predicted molar refractivity (Wildman–Crippen MR) is 150 cm³/mol. The fraction of sp³-hybridized carbons (Fsp3) is 0.148. The summed E-state index contributed by atoms with van der Waals surface area (Å²) in [5.74, 6) is -1.51. The molecule has 0 unspecified atom stereocenters. The topological polar surface area (TPSA) is 137 Å². The average molecular weight is 580 g/mol. The number of carbonyl (C=O) groups is 2. The van der Waals surface area contributed by atoms with Gasteiger partial charge >= 0.3 is 0 Å². The number of non-ortho nitro benzene ring substituents is 1. The maximum atomic E-state index is 13.0. The number of anilines is 1. The van der Waals surface area contributed by atoms with Crippen LogP contribution in [-0.2, 0) is 4.79 Å². The van der Waals surface area contributed by atoms with Crippen LogP contribution >= 0.6 is 15.9 Å². The monoisotopic (exact) mass is 579 g/mol. The molecule has 3 aromatic carbocycles. The van der Waals surface area contributed by atoms with Crippen molar-refractivity contribution in [1.82, 2.24) is 10.7 Å². The number of phenolic OH excluding ortho intramolecular Hbond substituents is 1. The van der Waals surface area contributed by atoms with Crippen molar-refractivity contribution >= 4 is 51.4 Å². The second kappa shape index (κ2) is 13.2. The van der Waals surface area contributed by atoms with E-state index in [1.165, 1.54) is 6.08 Å². The molecule has 196 valence electrons. The molecule has 0 saturated heterocycles. The Morgan fingerprint density at radius 3 is 2.34 bits per heavy atom. The molecule has 38 heavy (non-hydrogen) atoms. The van der Waals surface area contributed by atoms with E-state index in [-0.39, 0.29) is 27.2 Å². The summed E-state index contributed by atoms with van der Waals surface area (Å²) in [6.45, 7) is 5.82. The van der Waals surface area contributed by atoms with Crippen molar-refractivity contribution in [2.24, 2.45) is 5.10 Å². The third-order valence-electron chi connectivity index (χ3n) is 5.52. The minimum atomic E-state index is -0.734. The minimum Gasteiger partial charge on any atom is -0.506 e. The summed E-state index contributed by atoms with van der Waals surface area (Å²) in [6.07, 6.45) is 2.58. The molecule has 0 aromatic heterocycles. The molecular weight excluding hydrogens is 554 g/mol. The quantitative estimate of drug-likeness (QED) is 0.136. The normalized spacial score (nSPS) is 11.3. The number of benzene rings is 3. The summed E-state index contributed by atoms with van der Waals surface area (Å²) in [5.41, 5.74) is 4.02. The smallest absolute Gasteiger partial charge is 0.287 e. The number of nitrogens with one attached hydrogen (secondary N) is 2. The molecule has 0 aliphatic carbocycles. The molecule has 3 rings (SSSR count). The molecule has 0 bridgehead atoms. The predicted octanol–water partition coefficient (Wildman–Crippen LogP) is 4.83. The van der Waals surface area contributed by atoms with Crippen molar-refractivity contribution in [3.8, 4) is 5.75 Å². The zero-order valence-electron chi connectivity index (χ0n) is 20.7. The van der Waals surface area contributed by atoms with Gasteiger partial charge < -0.3 is 15.3 Å². The lowest BCUT2D eigenvalue weighted by molar-refractivity contribution is -0.385. The van der Waals surface area contributed by atoms with Crippen molar-refractivity contribution in [3.63, 3.8) is 0 Å². The Labute approximate surface area is 228 Å². The Morgan fingerprint density at radius 2 is 1.74 bits per heavy atom. The van der Waals surface area contributed by atoms with E-state index in [1.54, 1.807) is 30.3 Å². The third kappa shape index (κ3) is 7.26. The highest BCUT2D eigenvalue weighted by Gasteiger charge is 2.16. The number of hydrogen-bond acceptors (Lipinski definition) is 7. The van der Waals surface area contributed by atoms with Gasteiger partial charge in [-0.25, -0.2) is 5.43 Å². The molecular formula is C27H26BrN5O5. The van der Waals surface area contributed by atoms with E-state index in [0.717, 1.165) is 37.1 Å². The number of amides is 2. The van der Waals surface area contributed by atoms with Gasteiger partial charge in [-0.2, -0.15) is 5.10 Å². The summed E-state index contributed by atoms with van der Waals surface area (Å²) >= 11 is 3.06. The number of phenols is 1. The Morgan fingerprint density at radius 1 is 1.08 bits per heavy atom. The lowest BCUT2D eigenvalue weighted by atomic mass is 10.1. The molecule has 0 saturated carbocycles. The van der Waals surface area contributed by atoms with E-state index in [9.17, 15) is 24.8 Å². The van der Waals surface area contributed by atoms with E-state index in [4.69, 9.17) is 0 Å². The van der Waals surface area contributed by atoms with Crippen LogP contribution in [0.5, 0.6) is 5.75 Å². The van der Waals surface area contributed by atoms with Crippen LogP contribution in [-0.4, -0.2) is 41.1 Å². The van der Waals surface area contributed by atoms with Crippen molar-refractivity contribution in [3.05, 3.63) is 104 Å². The Hall–Kier alpha value is -4.51. The Balaban J connectivity index is 1.87. The van der Waals surface area contributed by atoms with Gasteiger partial charge in [0.15, 0.2) is 0 Å². The third-order valence-corrected chi connectivity index (χ3v) is 6.12. The molecule has 0 aliphatic heterocycles. The van der Waals surface area contributed by atoms with Gasteiger partial charge in [-0.05, 0) is 65.7 Å². The lowest BCUT2D eigenvalue weighted by Crippen LogP contribution is -2.32. The highest BCUT2D eigenvalue weighted by atomic mass is 79.9. The SMILES string of the molecule is CCN(CC)c1ccc(C=C(NC(=O)c2ccccc2)C(=O)N/N=C/c2cc([N+](=O)[O-])cc(Br)c2O)cc1. The standard InChI is InChI=1S/C27H26BrN5O5/c1-3-32(4-2)21-12-10-18(11-13-21)14-24(30-26(35)19-8-6-5-7-9-19)27(36)31-29-17-20-15-22(33(37)38)16-23(28)25(20)34/h5-17,34H,3-4H2,1-2H3,(H,30,35)(H,31,36)/b24-14?,29-17+. The van der Waals surface area contributed by atoms with Gasteiger partial charge in [0.2, 0.25) is 0 Å². The number of nitrogens with zero attached hydrogens (tertiary/aromatic N) is 3. The number of hydrazone groups is 1. The van der Waals surface area contributed by atoms with Crippen LogP contribution in [0.1, 0.15) is 35.3 Å². The summed E-state index contributed by atoms with van der Waals surface area (Å²) in [4.78, 5) is 38.4. The van der Waals surface area contributed by atoms with Crippen molar-refractivity contribution < 1.29 is 19.6 Å². The van der Waals surface area contributed by atoms with Crippen LogP contribution in [0.3, 0.4) is 0 Å². The molecule has 11 heteroatoms. The Kier molecular flexibility index (Phi) is 9.72. The van der Waals surface area contributed by atoms with Crippen LogP contribution in [0.2, 0.25) is 0 Å². The molecule has 3 aromatic rings. The van der Waals surface area contributed by atoms with Crippen LogP contribution in [0, 0.1) is 10.1 Å². The van der Waals surface area contributed by atoms with Crippen molar-refractivity contribution in [2.75, 3.05) is 18.0 Å². The molecule has 3 N–H and O–H groups in total.